The third-order valence-electron chi connectivity index (χ3n) is 4.94. The third-order valence-corrected chi connectivity index (χ3v) is 4.94. The Bertz CT molecular complexity index is 755. The van der Waals surface area contributed by atoms with Crippen molar-refractivity contribution in [1.29, 1.82) is 0 Å². The zero-order chi connectivity index (χ0) is 15.6. The van der Waals surface area contributed by atoms with Crippen LogP contribution >= 0.6 is 0 Å². The minimum atomic E-state index is 0.707. The average molecular weight is 305 g/mol. The van der Waals surface area contributed by atoms with Crippen molar-refractivity contribution in [2.75, 3.05) is 6.54 Å². The number of likely N-dealkylation sites (tertiary alicyclic amines) is 1. The van der Waals surface area contributed by atoms with E-state index in [1.165, 1.54) is 31.4 Å². The molecule has 1 unspecified atom stereocenters. The van der Waals surface area contributed by atoms with Crippen LogP contribution in [-0.2, 0) is 6.54 Å². The Morgan fingerprint density at radius 3 is 2.70 bits per heavy atom. The van der Waals surface area contributed by atoms with Gasteiger partial charge in [0.05, 0.1) is 11.0 Å². The van der Waals surface area contributed by atoms with Crippen LogP contribution in [0.3, 0.4) is 0 Å². The number of aromatic nitrogens is 2. The lowest BCUT2D eigenvalue weighted by Crippen LogP contribution is -2.36. The molecule has 1 atom stereocenters. The summed E-state index contributed by atoms with van der Waals surface area (Å²) in [4.78, 5) is 10.7. The number of nitrogens with one attached hydrogen (secondary N) is 1. The zero-order valence-corrected chi connectivity index (χ0v) is 13.6. The number of aromatic amines is 1. The second kappa shape index (κ2) is 6.17. The molecule has 0 radical (unpaired) electrons. The topological polar surface area (TPSA) is 31.9 Å². The summed E-state index contributed by atoms with van der Waals surface area (Å²) in [5, 5.41) is 0. The Hall–Kier alpha value is -2.13. The number of para-hydroxylation sites is 2. The maximum atomic E-state index is 4.67. The fourth-order valence-electron chi connectivity index (χ4n) is 3.48. The van der Waals surface area contributed by atoms with E-state index in [4.69, 9.17) is 0 Å². The van der Waals surface area contributed by atoms with E-state index in [1.807, 2.05) is 18.2 Å². The second-order valence-electron chi connectivity index (χ2n) is 6.61. The second-order valence-corrected chi connectivity index (χ2v) is 6.61. The Morgan fingerprint density at radius 2 is 1.91 bits per heavy atom. The first-order valence-corrected chi connectivity index (χ1v) is 8.58. The van der Waals surface area contributed by atoms with Gasteiger partial charge < -0.3 is 4.98 Å². The largest absolute Gasteiger partial charge is 0.338 e. The summed E-state index contributed by atoms with van der Waals surface area (Å²) in [6, 6.07) is 17.7. The van der Waals surface area contributed by atoms with Crippen LogP contribution in [0.4, 0.5) is 0 Å². The number of hydrogen-bond acceptors (Lipinski definition) is 2. The molecule has 4 rings (SSSR count). The SMILES string of the molecule is CC1CCCCN1Cc1ccc(-c2nc3ccccc3[nH]2)cc1. The van der Waals surface area contributed by atoms with E-state index in [-0.39, 0.29) is 0 Å². The summed E-state index contributed by atoms with van der Waals surface area (Å²) in [7, 11) is 0. The molecule has 23 heavy (non-hydrogen) atoms. The van der Waals surface area contributed by atoms with Crippen LogP contribution in [0, 0.1) is 0 Å². The summed E-state index contributed by atoms with van der Waals surface area (Å²) in [6.45, 7) is 4.63. The molecule has 2 heterocycles. The van der Waals surface area contributed by atoms with Crippen LogP contribution in [0.1, 0.15) is 31.7 Å². The van der Waals surface area contributed by atoms with Crippen molar-refractivity contribution in [2.45, 2.75) is 38.8 Å². The molecule has 1 aromatic heterocycles. The molecule has 3 aromatic rings. The van der Waals surface area contributed by atoms with Gasteiger partial charge in [0.1, 0.15) is 5.82 Å². The monoisotopic (exact) mass is 305 g/mol. The van der Waals surface area contributed by atoms with Crippen LogP contribution in [0.2, 0.25) is 0 Å². The van der Waals surface area contributed by atoms with Gasteiger partial charge in [-0.2, -0.15) is 0 Å². The highest BCUT2D eigenvalue weighted by Gasteiger charge is 2.18. The Kier molecular flexibility index (Phi) is 3.88. The molecular formula is C20H23N3. The van der Waals surface area contributed by atoms with E-state index in [1.54, 1.807) is 0 Å². The van der Waals surface area contributed by atoms with Crippen LogP contribution < -0.4 is 0 Å². The van der Waals surface area contributed by atoms with Crippen LogP contribution in [0.5, 0.6) is 0 Å². The van der Waals surface area contributed by atoms with E-state index < -0.39 is 0 Å². The summed E-state index contributed by atoms with van der Waals surface area (Å²) in [5.74, 6) is 0.948. The minimum Gasteiger partial charge on any atom is -0.338 e. The molecule has 0 saturated carbocycles. The van der Waals surface area contributed by atoms with Crippen molar-refractivity contribution in [2.24, 2.45) is 0 Å². The standard InChI is InChI=1S/C20H23N3/c1-15-6-4-5-13-23(15)14-16-9-11-17(12-10-16)20-21-18-7-2-3-8-19(18)22-20/h2-3,7-12,15H,4-6,13-14H2,1H3,(H,21,22). The quantitative estimate of drug-likeness (QED) is 0.766. The van der Waals surface area contributed by atoms with Gasteiger partial charge >= 0.3 is 0 Å². The van der Waals surface area contributed by atoms with Gasteiger partial charge in [0.25, 0.3) is 0 Å². The first-order chi connectivity index (χ1) is 11.3. The molecule has 0 spiro atoms. The van der Waals surface area contributed by atoms with Crippen LogP contribution in [0.25, 0.3) is 22.4 Å². The molecule has 1 fully saturated rings. The summed E-state index contributed by atoms with van der Waals surface area (Å²) in [5.41, 5.74) is 4.65. The average Bonchev–Trinajstić information content (AvgIpc) is 3.02. The van der Waals surface area contributed by atoms with Gasteiger partial charge in [-0.25, -0.2) is 4.98 Å². The molecule has 1 aliphatic heterocycles. The minimum absolute atomic E-state index is 0.707. The smallest absolute Gasteiger partial charge is 0.138 e. The van der Waals surface area contributed by atoms with E-state index in [0.717, 1.165) is 29.0 Å². The molecule has 0 aliphatic carbocycles. The van der Waals surface area contributed by atoms with Gasteiger partial charge in [0.15, 0.2) is 0 Å². The van der Waals surface area contributed by atoms with Crippen molar-refractivity contribution in [3.8, 4) is 11.4 Å². The third kappa shape index (κ3) is 3.02. The summed E-state index contributed by atoms with van der Waals surface area (Å²) < 4.78 is 0. The maximum Gasteiger partial charge on any atom is 0.138 e. The van der Waals surface area contributed by atoms with Gasteiger partial charge in [-0.1, -0.05) is 42.8 Å². The summed E-state index contributed by atoms with van der Waals surface area (Å²) >= 11 is 0. The predicted molar refractivity (Wildman–Crippen MR) is 95.3 cm³/mol. The van der Waals surface area contributed by atoms with Crippen LogP contribution in [0.15, 0.2) is 48.5 Å². The first-order valence-electron chi connectivity index (χ1n) is 8.58. The Morgan fingerprint density at radius 1 is 1.09 bits per heavy atom. The number of piperidine rings is 1. The number of H-pyrrole nitrogens is 1. The van der Waals surface area contributed by atoms with Crippen molar-refractivity contribution in [3.63, 3.8) is 0 Å². The van der Waals surface area contributed by atoms with E-state index in [2.05, 4.69) is 52.1 Å². The fraction of sp³-hybridized carbons (Fsp3) is 0.350. The van der Waals surface area contributed by atoms with Gasteiger partial charge in [-0.3, -0.25) is 4.90 Å². The molecule has 1 saturated heterocycles. The highest BCUT2D eigenvalue weighted by Crippen LogP contribution is 2.23. The molecule has 0 amide bonds. The van der Waals surface area contributed by atoms with Gasteiger partial charge in [0.2, 0.25) is 0 Å². The van der Waals surface area contributed by atoms with Crippen molar-refractivity contribution in [3.05, 3.63) is 54.1 Å². The van der Waals surface area contributed by atoms with Gasteiger partial charge in [-0.15, -0.1) is 0 Å². The lowest BCUT2D eigenvalue weighted by Gasteiger charge is -2.33. The highest BCUT2D eigenvalue weighted by atomic mass is 15.2. The zero-order valence-electron chi connectivity index (χ0n) is 13.6. The molecule has 2 aromatic carbocycles. The van der Waals surface area contributed by atoms with Crippen molar-refractivity contribution >= 4 is 11.0 Å². The predicted octanol–water partition coefficient (Wildman–Crippen LogP) is 4.60. The fourth-order valence-corrected chi connectivity index (χ4v) is 3.48. The Balaban J connectivity index is 1.53. The van der Waals surface area contributed by atoms with Crippen molar-refractivity contribution < 1.29 is 0 Å². The number of imidazole rings is 1. The highest BCUT2D eigenvalue weighted by molar-refractivity contribution is 5.79. The first kappa shape index (κ1) is 14.5. The molecule has 3 heteroatoms. The van der Waals surface area contributed by atoms with E-state index >= 15 is 0 Å². The Labute approximate surface area is 137 Å². The van der Waals surface area contributed by atoms with Crippen LogP contribution in [-0.4, -0.2) is 27.5 Å². The van der Waals surface area contributed by atoms with E-state index in [0.29, 0.717) is 6.04 Å². The number of fused-ring (bicyclic) bond motifs is 1. The number of rotatable bonds is 3. The molecule has 1 aliphatic rings. The number of nitrogens with zero attached hydrogens (tertiary/aromatic N) is 2. The number of hydrogen-bond donors (Lipinski definition) is 1. The van der Waals surface area contributed by atoms with Gasteiger partial charge in [-0.05, 0) is 44.0 Å². The van der Waals surface area contributed by atoms with Gasteiger partial charge in [0, 0.05) is 18.2 Å². The lowest BCUT2D eigenvalue weighted by molar-refractivity contribution is 0.152. The molecule has 1 N–H and O–H groups in total. The molecule has 0 bridgehead atoms. The number of benzene rings is 2. The van der Waals surface area contributed by atoms with Crippen molar-refractivity contribution in [1.82, 2.24) is 14.9 Å². The summed E-state index contributed by atoms with van der Waals surface area (Å²) in [6.07, 6.45) is 4.04. The van der Waals surface area contributed by atoms with E-state index in [9.17, 15) is 0 Å². The molecule has 118 valence electrons. The molecule has 3 nitrogen and oxygen atoms in total. The molecular weight excluding hydrogens is 282 g/mol. The normalized spacial score (nSPS) is 19.3. The lowest BCUT2D eigenvalue weighted by atomic mass is 10.0. The maximum absolute atomic E-state index is 4.67.